The second-order valence-corrected chi connectivity index (χ2v) is 8.96. The van der Waals surface area contributed by atoms with Crippen molar-refractivity contribution in [3.05, 3.63) is 0 Å². The van der Waals surface area contributed by atoms with Gasteiger partial charge in [-0.15, -0.1) is 0 Å². The number of hydrogen-bond donors (Lipinski definition) is 0. The zero-order valence-electron chi connectivity index (χ0n) is 15.9. The van der Waals surface area contributed by atoms with E-state index in [0.717, 1.165) is 5.92 Å². The molecule has 2 aliphatic carbocycles. The van der Waals surface area contributed by atoms with Gasteiger partial charge < -0.3 is 9.47 Å². The Morgan fingerprint density at radius 3 is 2.65 bits per heavy atom. The molecule has 0 aromatic heterocycles. The highest BCUT2D eigenvalue weighted by Gasteiger charge is 2.49. The highest BCUT2D eigenvalue weighted by atomic mass is 19.1. The number of methoxy groups -OCH3 is 1. The normalized spacial score (nSPS) is 34.2. The summed E-state index contributed by atoms with van der Waals surface area (Å²) < 4.78 is 25.2. The van der Waals surface area contributed by atoms with E-state index in [1.54, 1.807) is 7.11 Å². The Kier molecular flexibility index (Phi) is 6.52. The number of alkyl halides is 1. The Hall–Kier alpha value is -0.150. The van der Waals surface area contributed by atoms with Crippen molar-refractivity contribution in [1.82, 2.24) is 0 Å². The highest BCUT2D eigenvalue weighted by molar-refractivity contribution is 4.99. The lowest BCUT2D eigenvalue weighted by molar-refractivity contribution is -0.124. The molecule has 136 valence electrons. The van der Waals surface area contributed by atoms with Crippen molar-refractivity contribution in [2.75, 3.05) is 13.9 Å². The molecule has 5 atom stereocenters. The van der Waals surface area contributed by atoms with Gasteiger partial charge in [-0.1, -0.05) is 26.7 Å². The molecular weight excluding hydrogens is 291 g/mol. The van der Waals surface area contributed by atoms with Crippen molar-refractivity contribution >= 4 is 0 Å². The molecule has 3 heteroatoms. The van der Waals surface area contributed by atoms with E-state index in [4.69, 9.17) is 9.47 Å². The molecule has 2 saturated carbocycles. The van der Waals surface area contributed by atoms with Gasteiger partial charge in [0.2, 0.25) is 0 Å². The molecule has 0 bridgehead atoms. The van der Waals surface area contributed by atoms with E-state index in [2.05, 4.69) is 13.8 Å². The van der Waals surface area contributed by atoms with Gasteiger partial charge in [0.1, 0.15) is 13.0 Å². The molecule has 2 aliphatic rings. The Bertz CT molecular complexity index is 371. The summed E-state index contributed by atoms with van der Waals surface area (Å²) >= 11 is 0. The van der Waals surface area contributed by atoms with Crippen molar-refractivity contribution in [2.24, 2.45) is 23.2 Å². The molecule has 0 aromatic rings. The standard InChI is InChI=1S/C20H37FO2/c1-15(12-17(21)13-19(2,3)23-14-22-5)18-10-9-16-8-6-7-11-20(16,18)4/h15-18H,6-14H2,1-5H3/t15-,16+,17-,18-,20-/m1/s1. The highest BCUT2D eigenvalue weighted by Crippen LogP contribution is 2.58. The lowest BCUT2D eigenvalue weighted by Gasteiger charge is -2.43. The summed E-state index contributed by atoms with van der Waals surface area (Å²) in [7, 11) is 1.60. The molecule has 2 nitrogen and oxygen atoms in total. The van der Waals surface area contributed by atoms with Crippen LogP contribution in [-0.2, 0) is 9.47 Å². The summed E-state index contributed by atoms with van der Waals surface area (Å²) in [5, 5.41) is 0. The monoisotopic (exact) mass is 328 g/mol. The number of fused-ring (bicyclic) bond motifs is 1. The van der Waals surface area contributed by atoms with Gasteiger partial charge in [-0.3, -0.25) is 0 Å². The average Bonchev–Trinajstić information content (AvgIpc) is 2.81. The Morgan fingerprint density at radius 1 is 1.22 bits per heavy atom. The molecule has 2 rings (SSSR count). The van der Waals surface area contributed by atoms with Crippen LogP contribution in [-0.4, -0.2) is 25.7 Å². The van der Waals surface area contributed by atoms with Crippen LogP contribution >= 0.6 is 0 Å². The predicted molar refractivity (Wildman–Crippen MR) is 93.1 cm³/mol. The SMILES string of the molecule is COCOC(C)(C)C[C@H](F)C[C@@H](C)[C@H]1CC[C@@H]2CCCC[C@]21C. The summed E-state index contributed by atoms with van der Waals surface area (Å²) in [6.45, 7) is 8.92. The smallest absolute Gasteiger partial charge is 0.147 e. The van der Waals surface area contributed by atoms with Gasteiger partial charge in [-0.2, -0.15) is 0 Å². The molecule has 0 heterocycles. The van der Waals surface area contributed by atoms with Gasteiger partial charge in [-0.05, 0) is 69.1 Å². The average molecular weight is 329 g/mol. The maximum absolute atomic E-state index is 14.7. The molecule has 0 radical (unpaired) electrons. The first-order valence-corrected chi connectivity index (χ1v) is 9.55. The van der Waals surface area contributed by atoms with Crippen LogP contribution in [0.3, 0.4) is 0 Å². The largest absolute Gasteiger partial charge is 0.359 e. The van der Waals surface area contributed by atoms with E-state index in [9.17, 15) is 4.39 Å². The van der Waals surface area contributed by atoms with Gasteiger partial charge >= 0.3 is 0 Å². The van der Waals surface area contributed by atoms with Crippen molar-refractivity contribution in [2.45, 2.75) is 90.8 Å². The molecule has 0 aliphatic heterocycles. The first-order chi connectivity index (χ1) is 10.8. The molecule has 0 unspecified atom stereocenters. The minimum Gasteiger partial charge on any atom is -0.359 e. The molecule has 0 saturated heterocycles. The summed E-state index contributed by atoms with van der Waals surface area (Å²) in [6.07, 6.45) is 8.53. The zero-order valence-corrected chi connectivity index (χ0v) is 15.9. The number of ether oxygens (including phenoxy) is 2. The number of hydrogen-bond acceptors (Lipinski definition) is 2. The maximum Gasteiger partial charge on any atom is 0.147 e. The maximum atomic E-state index is 14.7. The van der Waals surface area contributed by atoms with E-state index in [0.29, 0.717) is 30.1 Å². The summed E-state index contributed by atoms with van der Waals surface area (Å²) in [4.78, 5) is 0. The van der Waals surface area contributed by atoms with E-state index in [1.165, 1.54) is 38.5 Å². The van der Waals surface area contributed by atoms with Crippen LogP contribution in [0.25, 0.3) is 0 Å². The van der Waals surface area contributed by atoms with E-state index in [1.807, 2.05) is 13.8 Å². The van der Waals surface area contributed by atoms with Crippen molar-refractivity contribution in [1.29, 1.82) is 0 Å². The van der Waals surface area contributed by atoms with Crippen molar-refractivity contribution in [3.63, 3.8) is 0 Å². The van der Waals surface area contributed by atoms with Gasteiger partial charge in [-0.25, -0.2) is 4.39 Å². The van der Waals surface area contributed by atoms with Crippen molar-refractivity contribution in [3.8, 4) is 0 Å². The third-order valence-corrected chi connectivity index (χ3v) is 6.72. The van der Waals surface area contributed by atoms with Crippen LogP contribution in [0.1, 0.15) is 79.1 Å². The minimum atomic E-state index is -0.789. The fraction of sp³-hybridized carbons (Fsp3) is 1.00. The topological polar surface area (TPSA) is 18.5 Å². The van der Waals surface area contributed by atoms with Crippen LogP contribution in [0.15, 0.2) is 0 Å². The third kappa shape index (κ3) is 4.69. The Labute approximate surface area is 142 Å². The van der Waals surface area contributed by atoms with Crippen LogP contribution in [0.5, 0.6) is 0 Å². The molecular formula is C20H37FO2. The number of rotatable bonds is 8. The molecule has 0 amide bonds. The summed E-state index contributed by atoms with van der Waals surface area (Å²) in [5.74, 6) is 2.06. The lowest BCUT2D eigenvalue weighted by Crippen LogP contribution is -2.36. The molecule has 0 aromatic carbocycles. The molecule has 0 spiro atoms. The second kappa shape index (κ2) is 7.82. The molecule has 2 fully saturated rings. The van der Waals surface area contributed by atoms with Crippen LogP contribution < -0.4 is 0 Å². The Balaban J connectivity index is 1.87. The first-order valence-electron chi connectivity index (χ1n) is 9.55. The Morgan fingerprint density at radius 2 is 1.96 bits per heavy atom. The van der Waals surface area contributed by atoms with Crippen LogP contribution in [0, 0.1) is 23.2 Å². The van der Waals surface area contributed by atoms with E-state index < -0.39 is 11.8 Å². The quantitative estimate of drug-likeness (QED) is 0.528. The summed E-state index contributed by atoms with van der Waals surface area (Å²) in [5.41, 5.74) is 0.0154. The fourth-order valence-corrected chi connectivity index (χ4v) is 5.50. The van der Waals surface area contributed by atoms with Gasteiger partial charge in [0.25, 0.3) is 0 Å². The van der Waals surface area contributed by atoms with Gasteiger partial charge in [0, 0.05) is 13.5 Å². The third-order valence-electron chi connectivity index (χ3n) is 6.72. The minimum absolute atomic E-state index is 0.234. The first kappa shape index (κ1) is 19.2. The summed E-state index contributed by atoms with van der Waals surface area (Å²) in [6, 6.07) is 0. The number of halogens is 1. The lowest BCUT2D eigenvalue weighted by atomic mass is 9.62. The second-order valence-electron chi connectivity index (χ2n) is 8.96. The predicted octanol–water partition coefficient (Wildman–Crippen LogP) is 5.75. The van der Waals surface area contributed by atoms with E-state index >= 15 is 0 Å². The van der Waals surface area contributed by atoms with Crippen LogP contribution in [0.4, 0.5) is 4.39 Å². The van der Waals surface area contributed by atoms with Gasteiger partial charge in [0.05, 0.1) is 5.60 Å². The van der Waals surface area contributed by atoms with E-state index in [-0.39, 0.29) is 6.79 Å². The zero-order chi connectivity index (χ0) is 17.1. The van der Waals surface area contributed by atoms with Crippen LogP contribution in [0.2, 0.25) is 0 Å². The molecule has 0 N–H and O–H groups in total. The van der Waals surface area contributed by atoms with Crippen molar-refractivity contribution < 1.29 is 13.9 Å². The van der Waals surface area contributed by atoms with Gasteiger partial charge in [0.15, 0.2) is 0 Å². The molecule has 23 heavy (non-hydrogen) atoms. The fourth-order valence-electron chi connectivity index (χ4n) is 5.50.